The van der Waals surface area contributed by atoms with Crippen LogP contribution in [0.15, 0.2) is 71.3 Å². The van der Waals surface area contributed by atoms with Crippen LogP contribution in [0.25, 0.3) is 0 Å². The maximum Gasteiger partial charge on any atom is 0.246 e. The third-order valence-electron chi connectivity index (χ3n) is 5.77. The second-order valence-electron chi connectivity index (χ2n) is 8.05. The first kappa shape index (κ1) is 22.4. The van der Waals surface area contributed by atoms with Crippen molar-refractivity contribution in [1.82, 2.24) is 0 Å². The number of anilines is 2. The first-order valence-corrected chi connectivity index (χ1v) is 10.2. The Bertz CT molecular complexity index is 1000. The topological polar surface area (TPSA) is 92.7 Å². The van der Waals surface area contributed by atoms with Gasteiger partial charge in [-0.2, -0.15) is 0 Å². The van der Waals surface area contributed by atoms with E-state index in [4.69, 9.17) is 23.1 Å². The minimum Gasteiger partial charge on any atom is -0.378 e. The summed E-state index contributed by atoms with van der Waals surface area (Å²) < 4.78 is 0. The highest BCUT2D eigenvalue weighted by Crippen LogP contribution is 2.48. The van der Waals surface area contributed by atoms with Crippen molar-refractivity contribution < 1.29 is 9.59 Å². The Morgan fingerprint density at radius 1 is 0.839 bits per heavy atom. The van der Waals surface area contributed by atoms with Crippen molar-refractivity contribution in [1.29, 1.82) is 0 Å². The van der Waals surface area contributed by atoms with Crippen LogP contribution in [-0.2, 0) is 15.0 Å². The molecule has 0 saturated carbocycles. The first-order chi connectivity index (χ1) is 14.6. The summed E-state index contributed by atoms with van der Waals surface area (Å²) in [6.45, 7) is 0. The fourth-order valence-corrected chi connectivity index (χ4v) is 4.41. The first-order valence-electron chi connectivity index (χ1n) is 9.83. The number of nitrogens with zero attached hydrogens (tertiary/aromatic N) is 2. The summed E-state index contributed by atoms with van der Waals surface area (Å²) in [6.07, 6.45) is 3.47. The van der Waals surface area contributed by atoms with Gasteiger partial charge in [-0.3, -0.25) is 9.59 Å². The second kappa shape index (κ2) is 8.47. The van der Waals surface area contributed by atoms with Gasteiger partial charge in [-0.25, -0.2) is 0 Å². The molecule has 0 bridgehead atoms. The molecule has 0 spiro atoms. The molecule has 0 aliphatic heterocycles. The number of primary amides is 2. The van der Waals surface area contributed by atoms with Crippen molar-refractivity contribution in [2.45, 2.75) is 5.41 Å². The maximum absolute atomic E-state index is 12.8. The van der Waals surface area contributed by atoms with Gasteiger partial charge in [0.25, 0.3) is 0 Å². The highest BCUT2D eigenvalue weighted by Gasteiger charge is 2.49. The van der Waals surface area contributed by atoms with Crippen LogP contribution in [0, 0.1) is 5.92 Å². The van der Waals surface area contributed by atoms with Crippen LogP contribution in [0.3, 0.4) is 0 Å². The SMILES string of the molecule is CN(C)c1ccc(C2(c3ccc(N(C)C)cc3)C=CC(Cl)=C(C(N)=O)C2C(N)=O)cc1. The summed E-state index contributed by atoms with van der Waals surface area (Å²) in [5.74, 6) is -2.50. The third kappa shape index (κ3) is 3.91. The number of halogens is 1. The Kier molecular flexibility index (Phi) is 6.13. The third-order valence-corrected chi connectivity index (χ3v) is 6.10. The van der Waals surface area contributed by atoms with Crippen LogP contribution in [0.5, 0.6) is 0 Å². The van der Waals surface area contributed by atoms with Gasteiger partial charge in [0.05, 0.1) is 11.3 Å². The minimum atomic E-state index is -1.06. The number of nitrogens with two attached hydrogens (primary N) is 2. The molecule has 2 amide bonds. The number of rotatable bonds is 6. The predicted molar refractivity (Wildman–Crippen MR) is 126 cm³/mol. The number of hydrogen-bond donors (Lipinski definition) is 2. The molecule has 0 radical (unpaired) electrons. The molecule has 2 aromatic carbocycles. The molecule has 0 heterocycles. The van der Waals surface area contributed by atoms with Gasteiger partial charge in [0.1, 0.15) is 0 Å². The zero-order valence-electron chi connectivity index (χ0n) is 18.1. The molecule has 0 aromatic heterocycles. The molecule has 1 unspecified atom stereocenters. The maximum atomic E-state index is 12.8. The average molecular weight is 439 g/mol. The molecule has 6 nitrogen and oxygen atoms in total. The van der Waals surface area contributed by atoms with Crippen LogP contribution in [0.4, 0.5) is 11.4 Å². The van der Waals surface area contributed by atoms with Gasteiger partial charge in [-0.15, -0.1) is 0 Å². The van der Waals surface area contributed by atoms with E-state index in [2.05, 4.69) is 0 Å². The zero-order chi connectivity index (χ0) is 22.9. The lowest BCUT2D eigenvalue weighted by molar-refractivity contribution is -0.124. The lowest BCUT2D eigenvalue weighted by Crippen LogP contribution is -2.47. The van der Waals surface area contributed by atoms with Crippen molar-refractivity contribution >= 4 is 34.8 Å². The largest absolute Gasteiger partial charge is 0.378 e. The molecule has 2 aromatic rings. The van der Waals surface area contributed by atoms with Gasteiger partial charge in [-0.05, 0) is 41.5 Å². The van der Waals surface area contributed by atoms with Gasteiger partial charge in [0, 0.05) is 50.2 Å². The van der Waals surface area contributed by atoms with E-state index in [9.17, 15) is 9.59 Å². The summed E-state index contributed by atoms with van der Waals surface area (Å²) in [6, 6.07) is 15.6. The van der Waals surface area contributed by atoms with E-state index in [0.717, 1.165) is 22.5 Å². The highest BCUT2D eigenvalue weighted by atomic mass is 35.5. The number of amides is 2. The van der Waals surface area contributed by atoms with Gasteiger partial charge in [-0.1, -0.05) is 41.9 Å². The van der Waals surface area contributed by atoms with E-state index >= 15 is 0 Å². The molecule has 4 N–H and O–H groups in total. The molecular weight excluding hydrogens is 412 g/mol. The van der Waals surface area contributed by atoms with Crippen LogP contribution < -0.4 is 21.3 Å². The number of allylic oxidation sites excluding steroid dienone is 3. The number of carbonyl (C=O) groups is 2. The number of carbonyl (C=O) groups excluding carboxylic acids is 2. The van der Waals surface area contributed by atoms with Crippen molar-refractivity contribution in [3.8, 4) is 0 Å². The molecule has 0 fully saturated rings. The fraction of sp³-hybridized carbons (Fsp3) is 0.250. The van der Waals surface area contributed by atoms with Crippen molar-refractivity contribution in [2.75, 3.05) is 38.0 Å². The Hall–Kier alpha value is -3.25. The second-order valence-corrected chi connectivity index (χ2v) is 8.45. The van der Waals surface area contributed by atoms with Gasteiger partial charge < -0.3 is 21.3 Å². The average Bonchev–Trinajstić information content (AvgIpc) is 2.73. The van der Waals surface area contributed by atoms with Crippen molar-refractivity contribution in [2.24, 2.45) is 17.4 Å². The highest BCUT2D eigenvalue weighted by molar-refractivity contribution is 6.34. The van der Waals surface area contributed by atoms with Crippen molar-refractivity contribution in [3.63, 3.8) is 0 Å². The normalized spacial score (nSPS) is 17.4. The van der Waals surface area contributed by atoms with E-state index in [-0.39, 0.29) is 10.6 Å². The van der Waals surface area contributed by atoms with E-state index in [1.807, 2.05) is 92.6 Å². The van der Waals surface area contributed by atoms with E-state index < -0.39 is 23.1 Å². The van der Waals surface area contributed by atoms with E-state index in [1.165, 1.54) is 0 Å². The molecule has 1 aliphatic rings. The summed E-state index contributed by atoms with van der Waals surface area (Å²) in [4.78, 5) is 29.1. The summed E-state index contributed by atoms with van der Waals surface area (Å²) >= 11 is 6.32. The Labute approximate surface area is 187 Å². The zero-order valence-corrected chi connectivity index (χ0v) is 18.9. The molecule has 7 heteroatoms. The Morgan fingerprint density at radius 2 is 1.26 bits per heavy atom. The van der Waals surface area contributed by atoms with E-state index in [1.54, 1.807) is 6.08 Å². The smallest absolute Gasteiger partial charge is 0.246 e. The lowest BCUT2D eigenvalue weighted by atomic mass is 9.61. The number of benzene rings is 2. The molecule has 0 saturated heterocycles. The summed E-state index contributed by atoms with van der Waals surface area (Å²) in [5.41, 5.74) is 14.1. The Morgan fingerprint density at radius 3 is 1.58 bits per heavy atom. The molecule has 3 rings (SSSR count). The fourth-order valence-electron chi connectivity index (χ4n) is 4.15. The molecule has 162 valence electrons. The predicted octanol–water partition coefficient (Wildman–Crippen LogP) is 2.75. The monoisotopic (exact) mass is 438 g/mol. The van der Waals surface area contributed by atoms with Crippen molar-refractivity contribution in [3.05, 3.63) is 82.4 Å². The molecular formula is C24H27ClN4O2. The van der Waals surface area contributed by atoms with Crippen LogP contribution in [0.2, 0.25) is 0 Å². The molecule has 31 heavy (non-hydrogen) atoms. The van der Waals surface area contributed by atoms with Gasteiger partial charge in [0.2, 0.25) is 11.8 Å². The molecule has 1 aliphatic carbocycles. The summed E-state index contributed by atoms with van der Waals surface area (Å²) in [5, 5.41) is 0.127. The lowest BCUT2D eigenvalue weighted by Gasteiger charge is -2.41. The Balaban J connectivity index is 2.32. The van der Waals surface area contributed by atoms with Crippen LogP contribution in [-0.4, -0.2) is 40.0 Å². The van der Waals surface area contributed by atoms with Gasteiger partial charge >= 0.3 is 0 Å². The van der Waals surface area contributed by atoms with Crippen LogP contribution in [0.1, 0.15) is 11.1 Å². The summed E-state index contributed by atoms with van der Waals surface area (Å²) in [7, 11) is 7.80. The standard InChI is InChI=1S/C24H27ClN4O2/c1-28(2)17-9-5-15(6-10-17)24(16-7-11-18(12-8-16)29(3)4)14-13-19(25)20(22(26)30)21(24)23(27)31/h5-14,21H,1-4H3,(H2,26,30)(H2,27,31). The van der Waals surface area contributed by atoms with E-state index in [0.29, 0.717) is 0 Å². The quantitative estimate of drug-likeness (QED) is 0.725. The van der Waals surface area contributed by atoms with Gasteiger partial charge in [0.15, 0.2) is 0 Å². The van der Waals surface area contributed by atoms with Crippen LogP contribution >= 0.6 is 11.6 Å². The number of hydrogen-bond acceptors (Lipinski definition) is 4. The minimum absolute atomic E-state index is 0.0186. The molecule has 1 atom stereocenters.